The van der Waals surface area contributed by atoms with Gasteiger partial charge in [0, 0.05) is 24.8 Å². The molecule has 0 aliphatic carbocycles. The Morgan fingerprint density at radius 1 is 1.33 bits per heavy atom. The van der Waals surface area contributed by atoms with Crippen molar-refractivity contribution in [3.05, 3.63) is 53.9 Å². The highest BCUT2D eigenvalue weighted by atomic mass is 16.5. The minimum absolute atomic E-state index is 0.0566. The molecule has 2 aromatic rings. The number of rotatable bonds is 5. The summed E-state index contributed by atoms with van der Waals surface area (Å²) >= 11 is 0. The van der Waals surface area contributed by atoms with Crippen molar-refractivity contribution in [3.63, 3.8) is 0 Å². The van der Waals surface area contributed by atoms with E-state index in [1.165, 1.54) is 0 Å². The molecule has 0 radical (unpaired) electrons. The van der Waals surface area contributed by atoms with Crippen molar-refractivity contribution in [2.24, 2.45) is 0 Å². The van der Waals surface area contributed by atoms with Crippen LogP contribution in [0.4, 0.5) is 5.69 Å². The number of hydrogen-bond donors (Lipinski definition) is 2. The number of ketones is 1. The number of ether oxygens (including phenoxy) is 1. The number of benzene rings is 1. The van der Waals surface area contributed by atoms with Crippen molar-refractivity contribution in [1.82, 2.24) is 10.3 Å². The van der Waals surface area contributed by atoms with E-state index in [1.54, 1.807) is 12.3 Å². The third-order valence-corrected chi connectivity index (χ3v) is 3.29. The highest BCUT2D eigenvalue weighted by Gasteiger charge is 2.13. The maximum absolute atomic E-state index is 12.2. The largest absolute Gasteiger partial charge is 0.490 e. The predicted molar refractivity (Wildman–Crippen MR) is 80.7 cm³/mol. The first kappa shape index (κ1) is 13.6. The van der Waals surface area contributed by atoms with E-state index in [0.717, 1.165) is 23.7 Å². The van der Waals surface area contributed by atoms with Gasteiger partial charge in [-0.25, -0.2) is 0 Å². The van der Waals surface area contributed by atoms with Crippen LogP contribution in [-0.2, 0) is 6.54 Å². The second kappa shape index (κ2) is 6.37. The maximum atomic E-state index is 12.2. The molecular formula is C16H17N3O2. The summed E-state index contributed by atoms with van der Waals surface area (Å²) in [6.45, 7) is 2.30. The fourth-order valence-corrected chi connectivity index (χ4v) is 2.22. The van der Waals surface area contributed by atoms with Crippen LogP contribution in [-0.4, -0.2) is 30.5 Å². The maximum Gasteiger partial charge on any atom is 0.176 e. The van der Waals surface area contributed by atoms with E-state index in [9.17, 15) is 4.79 Å². The Morgan fingerprint density at radius 3 is 3.14 bits per heavy atom. The zero-order chi connectivity index (χ0) is 14.5. The summed E-state index contributed by atoms with van der Waals surface area (Å²) in [6, 6.07) is 11.2. The average molecular weight is 283 g/mol. The van der Waals surface area contributed by atoms with Crippen LogP contribution in [0.3, 0.4) is 0 Å². The van der Waals surface area contributed by atoms with E-state index in [1.807, 2.05) is 30.3 Å². The molecule has 108 valence electrons. The molecule has 0 fully saturated rings. The van der Waals surface area contributed by atoms with E-state index in [0.29, 0.717) is 18.7 Å². The molecule has 0 amide bonds. The fourth-order valence-electron chi connectivity index (χ4n) is 2.22. The van der Waals surface area contributed by atoms with Gasteiger partial charge in [-0.15, -0.1) is 0 Å². The molecule has 0 atom stereocenters. The number of pyridine rings is 1. The Bertz CT molecular complexity index is 629. The van der Waals surface area contributed by atoms with E-state index in [2.05, 4.69) is 15.6 Å². The Morgan fingerprint density at radius 2 is 2.29 bits per heavy atom. The summed E-state index contributed by atoms with van der Waals surface area (Å²) in [7, 11) is 0. The molecule has 5 heteroatoms. The molecule has 1 aliphatic rings. The normalized spacial score (nSPS) is 13.0. The van der Waals surface area contributed by atoms with Gasteiger partial charge >= 0.3 is 0 Å². The highest BCUT2D eigenvalue weighted by Crippen LogP contribution is 2.28. The first-order valence-electron chi connectivity index (χ1n) is 6.97. The molecule has 21 heavy (non-hydrogen) atoms. The molecule has 0 spiro atoms. The minimum atomic E-state index is 0.0566. The predicted octanol–water partition coefficient (Wildman–Crippen LogP) is 1.86. The Kier molecular flexibility index (Phi) is 4.12. The van der Waals surface area contributed by atoms with Gasteiger partial charge in [-0.2, -0.15) is 0 Å². The summed E-state index contributed by atoms with van der Waals surface area (Å²) in [6.07, 6.45) is 1.74. The summed E-state index contributed by atoms with van der Waals surface area (Å²) in [5.41, 5.74) is 2.49. The first-order valence-corrected chi connectivity index (χ1v) is 6.97. The van der Waals surface area contributed by atoms with Crippen LogP contribution in [0.5, 0.6) is 5.75 Å². The summed E-state index contributed by atoms with van der Waals surface area (Å²) in [5.74, 6) is 0.861. The highest BCUT2D eigenvalue weighted by molar-refractivity contribution is 5.98. The number of Topliss-reactive ketones (excluding diaryl/α,β-unsaturated/α-hetero) is 1. The van der Waals surface area contributed by atoms with Gasteiger partial charge in [0.05, 0.1) is 17.9 Å². The van der Waals surface area contributed by atoms with Crippen molar-refractivity contribution in [2.45, 2.75) is 6.54 Å². The van der Waals surface area contributed by atoms with Crippen molar-refractivity contribution in [2.75, 3.05) is 25.0 Å². The average Bonchev–Trinajstić information content (AvgIpc) is 2.55. The van der Waals surface area contributed by atoms with Crippen LogP contribution in [0.1, 0.15) is 16.1 Å². The molecule has 2 heterocycles. The standard InChI is InChI=1S/C16H17N3O2/c20-15(11-17-10-13-3-1-2-6-18-13)12-4-5-16-14(9-12)19-7-8-21-16/h1-6,9,17,19H,7-8,10-11H2. The molecule has 0 bridgehead atoms. The zero-order valence-electron chi connectivity index (χ0n) is 11.6. The lowest BCUT2D eigenvalue weighted by molar-refractivity contribution is 0.0990. The molecular weight excluding hydrogens is 266 g/mol. The number of aromatic nitrogens is 1. The van der Waals surface area contributed by atoms with Gasteiger partial charge in [0.15, 0.2) is 5.78 Å². The number of carbonyl (C=O) groups excluding carboxylic acids is 1. The van der Waals surface area contributed by atoms with E-state index in [4.69, 9.17) is 4.74 Å². The summed E-state index contributed by atoms with van der Waals surface area (Å²) < 4.78 is 5.50. The molecule has 3 rings (SSSR count). The Labute approximate surface area is 123 Å². The fraction of sp³-hybridized carbons (Fsp3) is 0.250. The number of nitrogens with one attached hydrogen (secondary N) is 2. The topological polar surface area (TPSA) is 63.2 Å². The van der Waals surface area contributed by atoms with Gasteiger partial charge in [0.1, 0.15) is 12.4 Å². The van der Waals surface area contributed by atoms with Crippen LogP contribution in [0.25, 0.3) is 0 Å². The smallest absolute Gasteiger partial charge is 0.176 e. The van der Waals surface area contributed by atoms with Gasteiger partial charge in [0.2, 0.25) is 0 Å². The lowest BCUT2D eigenvalue weighted by Gasteiger charge is -2.19. The van der Waals surface area contributed by atoms with Gasteiger partial charge in [0.25, 0.3) is 0 Å². The number of carbonyl (C=O) groups is 1. The Balaban J connectivity index is 1.58. The minimum Gasteiger partial charge on any atom is -0.490 e. The SMILES string of the molecule is O=C(CNCc1ccccn1)c1ccc2c(c1)NCCO2. The third-order valence-electron chi connectivity index (χ3n) is 3.29. The van der Waals surface area contributed by atoms with Gasteiger partial charge in [-0.1, -0.05) is 6.07 Å². The Hall–Kier alpha value is -2.40. The molecule has 1 aromatic carbocycles. The quantitative estimate of drug-likeness (QED) is 0.820. The zero-order valence-corrected chi connectivity index (χ0v) is 11.6. The van der Waals surface area contributed by atoms with Gasteiger partial charge < -0.3 is 15.4 Å². The monoisotopic (exact) mass is 283 g/mol. The lowest BCUT2D eigenvalue weighted by Crippen LogP contribution is -2.23. The molecule has 2 N–H and O–H groups in total. The van der Waals surface area contributed by atoms with Crippen LogP contribution in [0.2, 0.25) is 0 Å². The van der Waals surface area contributed by atoms with E-state index >= 15 is 0 Å². The molecule has 1 aliphatic heterocycles. The van der Waals surface area contributed by atoms with Crippen LogP contribution in [0, 0.1) is 0 Å². The van der Waals surface area contributed by atoms with Gasteiger partial charge in [-0.3, -0.25) is 9.78 Å². The number of nitrogens with zero attached hydrogens (tertiary/aromatic N) is 1. The molecule has 0 saturated heterocycles. The second-order valence-corrected chi connectivity index (χ2v) is 4.83. The summed E-state index contributed by atoms with van der Waals surface area (Å²) in [5, 5.41) is 6.35. The van der Waals surface area contributed by atoms with Crippen LogP contribution >= 0.6 is 0 Å². The van der Waals surface area contributed by atoms with E-state index in [-0.39, 0.29) is 12.3 Å². The van der Waals surface area contributed by atoms with Crippen molar-refractivity contribution >= 4 is 11.5 Å². The molecule has 0 unspecified atom stereocenters. The second-order valence-electron chi connectivity index (χ2n) is 4.83. The molecule has 0 saturated carbocycles. The first-order chi connectivity index (χ1) is 10.3. The number of fused-ring (bicyclic) bond motifs is 1. The van der Waals surface area contributed by atoms with Crippen LogP contribution in [0.15, 0.2) is 42.6 Å². The van der Waals surface area contributed by atoms with Crippen LogP contribution < -0.4 is 15.4 Å². The van der Waals surface area contributed by atoms with Crippen molar-refractivity contribution < 1.29 is 9.53 Å². The summed E-state index contributed by atoms with van der Waals surface area (Å²) in [4.78, 5) is 16.4. The van der Waals surface area contributed by atoms with Gasteiger partial charge in [-0.05, 0) is 30.3 Å². The van der Waals surface area contributed by atoms with Crippen molar-refractivity contribution in [1.29, 1.82) is 0 Å². The molecule has 5 nitrogen and oxygen atoms in total. The number of anilines is 1. The lowest BCUT2D eigenvalue weighted by atomic mass is 10.1. The third kappa shape index (κ3) is 3.38. The van der Waals surface area contributed by atoms with E-state index < -0.39 is 0 Å². The number of hydrogen-bond acceptors (Lipinski definition) is 5. The molecule has 1 aromatic heterocycles. The van der Waals surface area contributed by atoms with Crippen molar-refractivity contribution in [3.8, 4) is 5.75 Å².